The number of aromatic nitrogens is 2. The molecule has 0 spiro atoms. The molecule has 0 saturated carbocycles. The summed E-state index contributed by atoms with van der Waals surface area (Å²) in [5, 5.41) is 0. The van der Waals surface area contributed by atoms with E-state index < -0.39 is 0 Å². The zero-order valence-corrected chi connectivity index (χ0v) is 12.5. The van der Waals surface area contributed by atoms with Crippen LogP contribution >= 0.6 is 11.8 Å². The average Bonchev–Trinajstić information content (AvgIpc) is 2.47. The second-order valence-electron chi connectivity index (χ2n) is 5.26. The van der Waals surface area contributed by atoms with Crippen molar-refractivity contribution >= 4 is 17.6 Å². The Hall–Kier alpha value is -1.55. The molecule has 3 rings (SSSR count). The van der Waals surface area contributed by atoms with Crippen LogP contribution in [0.3, 0.4) is 0 Å². The van der Waals surface area contributed by atoms with Crippen molar-refractivity contribution < 1.29 is 0 Å². The van der Waals surface area contributed by atoms with Crippen LogP contribution in [0.2, 0.25) is 0 Å². The molecule has 1 heterocycles. The molecule has 20 heavy (non-hydrogen) atoms. The number of rotatable bonds is 3. The fraction of sp³-hybridized carbons (Fsp3) is 0.375. The lowest BCUT2D eigenvalue weighted by Gasteiger charge is -2.17. The van der Waals surface area contributed by atoms with Gasteiger partial charge in [0.15, 0.2) is 0 Å². The van der Waals surface area contributed by atoms with Gasteiger partial charge in [-0.15, -0.1) is 11.8 Å². The molecule has 0 amide bonds. The third kappa shape index (κ3) is 2.96. The monoisotopic (exact) mass is 285 g/mol. The molecular formula is C16H19N3S. The zero-order valence-electron chi connectivity index (χ0n) is 11.7. The first-order valence-electron chi connectivity index (χ1n) is 7.06. The molecule has 0 bridgehead atoms. The maximum absolute atomic E-state index is 6.07. The summed E-state index contributed by atoms with van der Waals surface area (Å²) in [6.45, 7) is 2.10. The van der Waals surface area contributed by atoms with Gasteiger partial charge in [0.1, 0.15) is 11.6 Å². The van der Waals surface area contributed by atoms with E-state index in [2.05, 4.69) is 36.2 Å². The topological polar surface area (TPSA) is 51.8 Å². The van der Waals surface area contributed by atoms with Crippen LogP contribution in [0.4, 0.5) is 5.82 Å². The van der Waals surface area contributed by atoms with Crippen molar-refractivity contribution in [2.24, 2.45) is 0 Å². The Morgan fingerprint density at radius 1 is 1.10 bits per heavy atom. The quantitative estimate of drug-likeness (QED) is 0.876. The third-order valence-corrected chi connectivity index (χ3v) is 4.66. The summed E-state index contributed by atoms with van der Waals surface area (Å²) in [4.78, 5) is 10.4. The van der Waals surface area contributed by atoms with Crippen molar-refractivity contribution in [3.05, 3.63) is 46.9 Å². The molecule has 0 fully saturated rings. The molecule has 104 valence electrons. The number of anilines is 1. The Morgan fingerprint density at radius 3 is 2.65 bits per heavy atom. The lowest BCUT2D eigenvalue weighted by atomic mass is 9.96. The molecule has 0 unspecified atom stereocenters. The van der Waals surface area contributed by atoms with Crippen LogP contribution in [-0.2, 0) is 18.6 Å². The van der Waals surface area contributed by atoms with E-state index in [0.717, 1.165) is 24.4 Å². The number of hydrogen-bond acceptors (Lipinski definition) is 4. The lowest BCUT2D eigenvalue weighted by Crippen LogP contribution is -2.12. The molecule has 1 aliphatic rings. The summed E-state index contributed by atoms with van der Waals surface area (Å²) in [6.07, 6.45) is 4.50. The Balaban J connectivity index is 1.74. The largest absolute Gasteiger partial charge is 0.383 e. The van der Waals surface area contributed by atoms with Crippen LogP contribution in [0.5, 0.6) is 0 Å². The number of nitrogens with zero attached hydrogens (tertiary/aromatic N) is 2. The van der Waals surface area contributed by atoms with Gasteiger partial charge in [-0.25, -0.2) is 9.97 Å². The van der Waals surface area contributed by atoms with Gasteiger partial charge in [0, 0.05) is 16.2 Å². The normalized spacial score (nSPS) is 14.1. The van der Waals surface area contributed by atoms with Gasteiger partial charge < -0.3 is 5.73 Å². The van der Waals surface area contributed by atoms with Crippen molar-refractivity contribution in [3.8, 4) is 0 Å². The van der Waals surface area contributed by atoms with Crippen LogP contribution in [0, 0.1) is 6.92 Å². The summed E-state index contributed by atoms with van der Waals surface area (Å²) in [5.41, 5.74) is 9.70. The fourth-order valence-electron chi connectivity index (χ4n) is 2.52. The van der Waals surface area contributed by atoms with E-state index in [-0.39, 0.29) is 0 Å². The van der Waals surface area contributed by atoms with Crippen molar-refractivity contribution in [2.75, 3.05) is 5.73 Å². The first kappa shape index (κ1) is 13.4. The van der Waals surface area contributed by atoms with Gasteiger partial charge in [-0.2, -0.15) is 0 Å². The molecule has 0 radical (unpaired) electrons. The van der Waals surface area contributed by atoms with E-state index in [0.29, 0.717) is 5.82 Å². The highest BCUT2D eigenvalue weighted by Crippen LogP contribution is 2.26. The van der Waals surface area contributed by atoms with Crippen LogP contribution in [0.1, 0.15) is 35.5 Å². The van der Waals surface area contributed by atoms with Gasteiger partial charge in [-0.3, -0.25) is 0 Å². The Bertz CT molecular complexity index is 608. The minimum absolute atomic E-state index is 0.689. The number of benzene rings is 1. The number of fused-ring (bicyclic) bond motifs is 1. The summed E-state index contributed by atoms with van der Waals surface area (Å²) in [5.74, 6) is 2.32. The highest BCUT2D eigenvalue weighted by molar-refractivity contribution is 7.98. The van der Waals surface area contributed by atoms with Crippen molar-refractivity contribution in [3.63, 3.8) is 0 Å². The van der Waals surface area contributed by atoms with Gasteiger partial charge in [-0.1, -0.05) is 17.7 Å². The van der Waals surface area contributed by atoms with E-state index in [4.69, 9.17) is 10.7 Å². The molecule has 3 nitrogen and oxygen atoms in total. The zero-order chi connectivity index (χ0) is 13.9. The highest BCUT2D eigenvalue weighted by atomic mass is 32.2. The van der Waals surface area contributed by atoms with Crippen LogP contribution < -0.4 is 5.73 Å². The molecule has 2 N–H and O–H groups in total. The maximum Gasteiger partial charge on any atom is 0.141 e. The van der Waals surface area contributed by atoms with Crippen molar-refractivity contribution in [2.45, 2.75) is 43.3 Å². The predicted molar refractivity (Wildman–Crippen MR) is 83.8 cm³/mol. The second-order valence-corrected chi connectivity index (χ2v) is 6.31. The smallest absolute Gasteiger partial charge is 0.141 e. The van der Waals surface area contributed by atoms with Gasteiger partial charge in [0.05, 0.1) is 5.75 Å². The minimum Gasteiger partial charge on any atom is -0.383 e. The molecular weight excluding hydrogens is 266 g/mol. The Labute approximate surface area is 124 Å². The van der Waals surface area contributed by atoms with Gasteiger partial charge in [-0.05, 0) is 44.7 Å². The molecule has 1 aromatic heterocycles. The van der Waals surface area contributed by atoms with Gasteiger partial charge >= 0.3 is 0 Å². The molecule has 0 aliphatic heterocycles. The molecule has 1 aromatic carbocycles. The number of hydrogen-bond donors (Lipinski definition) is 1. The average molecular weight is 285 g/mol. The van der Waals surface area contributed by atoms with Crippen LogP contribution in [-0.4, -0.2) is 9.97 Å². The number of thioether (sulfide) groups is 1. The first-order valence-corrected chi connectivity index (χ1v) is 8.04. The maximum atomic E-state index is 6.07. The van der Waals surface area contributed by atoms with E-state index in [1.54, 1.807) is 11.8 Å². The lowest BCUT2D eigenvalue weighted by molar-refractivity contribution is 0.660. The Morgan fingerprint density at radius 2 is 1.85 bits per heavy atom. The van der Waals surface area contributed by atoms with Crippen molar-refractivity contribution in [1.82, 2.24) is 9.97 Å². The van der Waals surface area contributed by atoms with Gasteiger partial charge in [0.2, 0.25) is 0 Å². The van der Waals surface area contributed by atoms with Crippen LogP contribution in [0.25, 0.3) is 0 Å². The summed E-state index contributed by atoms with van der Waals surface area (Å²) in [7, 11) is 0. The molecule has 4 heteroatoms. The molecule has 2 aromatic rings. The van der Waals surface area contributed by atoms with Crippen molar-refractivity contribution in [1.29, 1.82) is 0 Å². The van der Waals surface area contributed by atoms with E-state index in [9.17, 15) is 0 Å². The summed E-state index contributed by atoms with van der Waals surface area (Å²) >= 11 is 1.76. The number of nitrogens with two attached hydrogens (primary N) is 1. The van der Waals surface area contributed by atoms with E-state index >= 15 is 0 Å². The SMILES string of the molecule is Cc1ccc(SCc2nc(N)c3c(n2)CCCC3)cc1. The predicted octanol–water partition coefficient (Wildman–Crippen LogP) is 3.54. The first-order chi connectivity index (χ1) is 9.72. The van der Waals surface area contributed by atoms with Gasteiger partial charge in [0.25, 0.3) is 0 Å². The standard InChI is InChI=1S/C16H19N3S/c1-11-6-8-12(9-7-11)20-10-15-18-14-5-3-2-4-13(14)16(17)19-15/h6-9H,2-5,10H2,1H3,(H2,17,18,19). The summed E-state index contributed by atoms with van der Waals surface area (Å²) in [6, 6.07) is 8.54. The third-order valence-electron chi connectivity index (χ3n) is 3.65. The van der Waals surface area contributed by atoms with E-state index in [1.165, 1.54) is 34.6 Å². The minimum atomic E-state index is 0.689. The fourth-order valence-corrected chi connectivity index (χ4v) is 3.28. The summed E-state index contributed by atoms with van der Waals surface area (Å²) < 4.78 is 0. The molecule has 0 saturated heterocycles. The highest BCUT2D eigenvalue weighted by Gasteiger charge is 2.16. The van der Waals surface area contributed by atoms with Crippen LogP contribution in [0.15, 0.2) is 29.2 Å². The second kappa shape index (κ2) is 5.83. The Kier molecular flexibility index (Phi) is 3.92. The molecule has 1 aliphatic carbocycles. The number of nitrogen functional groups attached to an aromatic ring is 1. The van der Waals surface area contributed by atoms with E-state index in [1.807, 2.05) is 0 Å². The molecule has 0 atom stereocenters. The number of aryl methyl sites for hydroxylation is 2.